The molecule has 0 saturated carbocycles. The Hall–Kier alpha value is 0.270. The van der Waals surface area contributed by atoms with Crippen LogP contribution in [0, 0.1) is 0 Å². The van der Waals surface area contributed by atoms with Crippen LogP contribution in [0.5, 0.6) is 0 Å². The molecule has 0 aromatic rings. The Morgan fingerprint density at radius 2 is 2.00 bits per heavy atom. The van der Waals surface area contributed by atoms with Gasteiger partial charge in [-0.05, 0) is 6.92 Å². The fourth-order valence-electron chi connectivity index (χ4n) is 1.06. The first-order valence-corrected chi connectivity index (χ1v) is 3.95. The molecule has 1 heterocycles. The topological polar surface area (TPSA) is 15.3 Å². The minimum atomic E-state index is 0.423. The van der Waals surface area contributed by atoms with Crippen molar-refractivity contribution in [2.45, 2.75) is 12.3 Å². The fraction of sp³-hybridized carbons (Fsp3) is 1.00. The van der Waals surface area contributed by atoms with E-state index in [9.17, 15) is 0 Å². The zero-order valence-corrected chi connectivity index (χ0v) is 6.69. The smallest absolute Gasteiger partial charge is 0.0500 e. The van der Waals surface area contributed by atoms with Gasteiger partial charge in [0.05, 0.1) is 0 Å². The molecule has 0 amide bonds. The first-order chi connectivity index (χ1) is 4.30. The standard InChI is InChI=1S/C6H14N2S/c1-6(9)8-4-2-7-3-5-8/h6-7,9H,2-5H2,1H3/t6-/m0/s1. The summed E-state index contributed by atoms with van der Waals surface area (Å²) in [6, 6.07) is 0. The van der Waals surface area contributed by atoms with Gasteiger partial charge in [-0.25, -0.2) is 0 Å². The van der Waals surface area contributed by atoms with Crippen molar-refractivity contribution in [3.05, 3.63) is 0 Å². The van der Waals surface area contributed by atoms with Crippen LogP contribution in [-0.2, 0) is 0 Å². The molecule has 1 atom stereocenters. The van der Waals surface area contributed by atoms with Crippen LogP contribution >= 0.6 is 12.6 Å². The summed E-state index contributed by atoms with van der Waals surface area (Å²) in [4.78, 5) is 2.36. The minimum Gasteiger partial charge on any atom is -0.314 e. The molecule has 0 spiro atoms. The molecule has 0 unspecified atom stereocenters. The van der Waals surface area contributed by atoms with Gasteiger partial charge in [0, 0.05) is 31.6 Å². The maximum atomic E-state index is 4.34. The third-order valence-electron chi connectivity index (χ3n) is 1.68. The molecule has 3 heteroatoms. The molecule has 9 heavy (non-hydrogen) atoms. The molecule has 0 aromatic carbocycles. The molecule has 1 fully saturated rings. The third kappa shape index (κ3) is 2.16. The predicted octanol–water partition coefficient (Wildman–Crippen LogP) is 0.167. The molecular formula is C6H14N2S. The molecule has 0 aliphatic carbocycles. The van der Waals surface area contributed by atoms with E-state index >= 15 is 0 Å². The Labute approximate surface area is 62.0 Å². The molecule has 1 aliphatic rings. The maximum absolute atomic E-state index is 4.34. The molecule has 0 radical (unpaired) electrons. The van der Waals surface area contributed by atoms with Crippen molar-refractivity contribution in [3.63, 3.8) is 0 Å². The number of hydrogen-bond donors (Lipinski definition) is 2. The van der Waals surface area contributed by atoms with Gasteiger partial charge in [-0.3, -0.25) is 4.90 Å². The van der Waals surface area contributed by atoms with Gasteiger partial charge in [-0.2, -0.15) is 12.6 Å². The highest BCUT2D eigenvalue weighted by Crippen LogP contribution is 2.02. The van der Waals surface area contributed by atoms with E-state index in [2.05, 4.69) is 29.8 Å². The van der Waals surface area contributed by atoms with Gasteiger partial charge in [-0.15, -0.1) is 0 Å². The van der Waals surface area contributed by atoms with Gasteiger partial charge < -0.3 is 5.32 Å². The molecule has 0 bridgehead atoms. The Morgan fingerprint density at radius 3 is 2.33 bits per heavy atom. The summed E-state index contributed by atoms with van der Waals surface area (Å²) >= 11 is 4.34. The van der Waals surface area contributed by atoms with Gasteiger partial charge in [0.25, 0.3) is 0 Å². The lowest BCUT2D eigenvalue weighted by Gasteiger charge is -2.29. The lowest BCUT2D eigenvalue weighted by atomic mass is 10.4. The van der Waals surface area contributed by atoms with Gasteiger partial charge in [0.15, 0.2) is 0 Å². The van der Waals surface area contributed by atoms with Crippen LogP contribution in [0.1, 0.15) is 6.92 Å². The first-order valence-electron chi connectivity index (χ1n) is 3.43. The van der Waals surface area contributed by atoms with Gasteiger partial charge in [0.2, 0.25) is 0 Å². The van der Waals surface area contributed by atoms with Gasteiger partial charge >= 0.3 is 0 Å². The quantitative estimate of drug-likeness (QED) is 0.513. The van der Waals surface area contributed by atoms with E-state index in [0.29, 0.717) is 5.37 Å². The summed E-state index contributed by atoms with van der Waals surface area (Å²) in [5.74, 6) is 0. The zero-order valence-electron chi connectivity index (χ0n) is 5.80. The summed E-state index contributed by atoms with van der Waals surface area (Å²) in [7, 11) is 0. The van der Waals surface area contributed by atoms with Crippen LogP contribution in [0.25, 0.3) is 0 Å². The van der Waals surface area contributed by atoms with Crippen molar-refractivity contribution in [3.8, 4) is 0 Å². The molecule has 2 nitrogen and oxygen atoms in total. The molecule has 1 aliphatic heterocycles. The van der Waals surface area contributed by atoms with Crippen molar-refractivity contribution in [1.82, 2.24) is 10.2 Å². The summed E-state index contributed by atoms with van der Waals surface area (Å²) in [5, 5.41) is 3.72. The van der Waals surface area contributed by atoms with Crippen molar-refractivity contribution in [1.29, 1.82) is 0 Å². The molecule has 54 valence electrons. The SMILES string of the molecule is C[C@H](S)N1CCNCC1. The Balaban J connectivity index is 2.23. The van der Waals surface area contributed by atoms with Gasteiger partial charge in [0.1, 0.15) is 0 Å². The van der Waals surface area contributed by atoms with E-state index < -0.39 is 0 Å². The van der Waals surface area contributed by atoms with E-state index in [4.69, 9.17) is 0 Å². The van der Waals surface area contributed by atoms with E-state index in [1.807, 2.05) is 0 Å². The van der Waals surface area contributed by atoms with Crippen molar-refractivity contribution in [2.24, 2.45) is 0 Å². The van der Waals surface area contributed by atoms with Gasteiger partial charge in [-0.1, -0.05) is 0 Å². The number of thiol groups is 1. The summed E-state index contributed by atoms with van der Waals surface area (Å²) in [5.41, 5.74) is 0. The highest BCUT2D eigenvalue weighted by Gasteiger charge is 2.11. The first kappa shape index (κ1) is 7.38. The maximum Gasteiger partial charge on any atom is 0.0500 e. The van der Waals surface area contributed by atoms with Crippen molar-refractivity contribution >= 4 is 12.6 Å². The van der Waals surface area contributed by atoms with Crippen molar-refractivity contribution < 1.29 is 0 Å². The van der Waals surface area contributed by atoms with Crippen LogP contribution in [0.4, 0.5) is 0 Å². The summed E-state index contributed by atoms with van der Waals surface area (Å²) in [6.45, 7) is 6.64. The Morgan fingerprint density at radius 1 is 1.44 bits per heavy atom. The van der Waals surface area contributed by atoms with Crippen LogP contribution in [0.15, 0.2) is 0 Å². The fourth-order valence-corrected chi connectivity index (χ4v) is 1.29. The number of nitrogens with one attached hydrogen (secondary N) is 1. The second kappa shape index (κ2) is 3.44. The molecule has 1 N–H and O–H groups in total. The van der Waals surface area contributed by atoms with Crippen LogP contribution in [0.2, 0.25) is 0 Å². The van der Waals surface area contributed by atoms with Crippen LogP contribution in [0.3, 0.4) is 0 Å². The van der Waals surface area contributed by atoms with E-state index in [1.165, 1.54) is 0 Å². The zero-order chi connectivity index (χ0) is 6.69. The lowest BCUT2D eigenvalue weighted by molar-refractivity contribution is 0.236. The van der Waals surface area contributed by atoms with Crippen molar-refractivity contribution in [2.75, 3.05) is 26.2 Å². The number of rotatable bonds is 1. The van der Waals surface area contributed by atoms with Crippen LogP contribution in [-0.4, -0.2) is 36.5 Å². The average Bonchev–Trinajstić information content (AvgIpc) is 1.90. The Kier molecular flexibility index (Phi) is 2.82. The summed E-state index contributed by atoms with van der Waals surface area (Å²) in [6.07, 6.45) is 0. The van der Waals surface area contributed by atoms with E-state index in [0.717, 1.165) is 26.2 Å². The molecule has 1 rings (SSSR count). The number of piperazine rings is 1. The normalized spacial score (nSPS) is 26.0. The largest absolute Gasteiger partial charge is 0.314 e. The molecule has 0 aromatic heterocycles. The third-order valence-corrected chi connectivity index (χ3v) is 2.01. The summed E-state index contributed by atoms with van der Waals surface area (Å²) < 4.78 is 0. The van der Waals surface area contributed by atoms with E-state index in [-0.39, 0.29) is 0 Å². The van der Waals surface area contributed by atoms with E-state index in [1.54, 1.807) is 0 Å². The average molecular weight is 146 g/mol. The number of hydrogen-bond acceptors (Lipinski definition) is 3. The predicted molar refractivity (Wildman–Crippen MR) is 42.9 cm³/mol. The molecule has 1 saturated heterocycles. The number of nitrogens with zero attached hydrogens (tertiary/aromatic N) is 1. The highest BCUT2D eigenvalue weighted by atomic mass is 32.1. The molecular weight excluding hydrogens is 132 g/mol. The monoisotopic (exact) mass is 146 g/mol. The Bertz CT molecular complexity index is 79.1. The highest BCUT2D eigenvalue weighted by molar-refractivity contribution is 7.80. The minimum absolute atomic E-state index is 0.423. The lowest BCUT2D eigenvalue weighted by Crippen LogP contribution is -2.45. The second-order valence-corrected chi connectivity index (χ2v) is 3.17. The van der Waals surface area contributed by atoms with Crippen LogP contribution < -0.4 is 5.32 Å². The second-order valence-electron chi connectivity index (χ2n) is 2.42.